The summed E-state index contributed by atoms with van der Waals surface area (Å²) in [7, 11) is 0. The lowest BCUT2D eigenvalue weighted by Gasteiger charge is -2.07. The minimum Gasteiger partial charge on any atom is -0.395 e. The molecular weight excluding hydrogens is 205 g/mol. The Morgan fingerprint density at radius 2 is 2.21 bits per heavy atom. The molecule has 0 aliphatic rings. The van der Waals surface area contributed by atoms with Crippen molar-refractivity contribution in [3.05, 3.63) is 34.1 Å². The minimum atomic E-state index is -0.254. The number of benzene rings is 1. The fraction of sp³-hybridized carbons (Fsp3) is 0.400. The average Bonchev–Trinajstić information content (AvgIpc) is 2.14. The van der Waals surface area contributed by atoms with Crippen LogP contribution in [-0.2, 0) is 6.54 Å². The zero-order valence-corrected chi connectivity index (χ0v) is 8.74. The number of hydrogen-bond donors (Lipinski definition) is 2. The fourth-order valence-electron chi connectivity index (χ4n) is 1.13. The van der Waals surface area contributed by atoms with Crippen molar-refractivity contribution in [2.45, 2.75) is 13.5 Å². The minimum absolute atomic E-state index is 0.0615. The van der Waals surface area contributed by atoms with Crippen molar-refractivity contribution in [3.8, 4) is 0 Å². The highest BCUT2D eigenvalue weighted by atomic mass is 35.5. The van der Waals surface area contributed by atoms with E-state index in [2.05, 4.69) is 5.32 Å². The van der Waals surface area contributed by atoms with Gasteiger partial charge in [-0.3, -0.25) is 0 Å². The normalized spacial score (nSPS) is 10.6. The zero-order valence-electron chi connectivity index (χ0n) is 7.98. The van der Waals surface area contributed by atoms with Crippen LogP contribution in [0.15, 0.2) is 12.1 Å². The fourth-order valence-corrected chi connectivity index (χ4v) is 1.41. The van der Waals surface area contributed by atoms with Gasteiger partial charge in [0.15, 0.2) is 0 Å². The van der Waals surface area contributed by atoms with Gasteiger partial charge in [-0.1, -0.05) is 11.6 Å². The molecule has 0 spiro atoms. The third kappa shape index (κ3) is 2.94. The largest absolute Gasteiger partial charge is 0.395 e. The zero-order chi connectivity index (χ0) is 10.6. The van der Waals surface area contributed by atoms with Gasteiger partial charge in [0.05, 0.1) is 6.61 Å². The van der Waals surface area contributed by atoms with Crippen molar-refractivity contribution in [1.29, 1.82) is 0 Å². The van der Waals surface area contributed by atoms with E-state index in [0.717, 1.165) is 0 Å². The molecule has 2 nitrogen and oxygen atoms in total. The monoisotopic (exact) mass is 217 g/mol. The van der Waals surface area contributed by atoms with Crippen LogP contribution in [0, 0.1) is 12.7 Å². The van der Waals surface area contributed by atoms with E-state index >= 15 is 0 Å². The molecule has 0 atom stereocenters. The Morgan fingerprint density at radius 1 is 1.50 bits per heavy atom. The lowest BCUT2D eigenvalue weighted by atomic mass is 10.1. The first-order chi connectivity index (χ1) is 6.65. The van der Waals surface area contributed by atoms with Crippen molar-refractivity contribution in [2.75, 3.05) is 13.2 Å². The summed E-state index contributed by atoms with van der Waals surface area (Å²) in [5.74, 6) is -0.254. The molecule has 0 bridgehead atoms. The topological polar surface area (TPSA) is 32.3 Å². The highest BCUT2D eigenvalue weighted by Gasteiger charge is 2.04. The van der Waals surface area contributed by atoms with Crippen molar-refractivity contribution in [2.24, 2.45) is 0 Å². The number of aryl methyl sites for hydroxylation is 1. The second-order valence-electron chi connectivity index (χ2n) is 3.09. The number of aliphatic hydroxyl groups excluding tert-OH is 1. The van der Waals surface area contributed by atoms with Crippen LogP contribution in [0.5, 0.6) is 0 Å². The second kappa shape index (κ2) is 5.29. The first-order valence-electron chi connectivity index (χ1n) is 4.41. The Hall–Kier alpha value is -0.640. The summed E-state index contributed by atoms with van der Waals surface area (Å²) >= 11 is 5.91. The van der Waals surface area contributed by atoms with Gasteiger partial charge < -0.3 is 10.4 Å². The van der Waals surface area contributed by atoms with Crippen LogP contribution >= 0.6 is 11.6 Å². The molecule has 78 valence electrons. The van der Waals surface area contributed by atoms with Crippen LogP contribution in [0.25, 0.3) is 0 Å². The molecule has 1 aromatic carbocycles. The molecule has 14 heavy (non-hydrogen) atoms. The van der Waals surface area contributed by atoms with E-state index in [1.54, 1.807) is 13.0 Å². The first kappa shape index (κ1) is 11.4. The van der Waals surface area contributed by atoms with E-state index < -0.39 is 0 Å². The molecule has 0 unspecified atom stereocenters. The Morgan fingerprint density at radius 3 is 2.86 bits per heavy atom. The number of halogens is 2. The highest BCUT2D eigenvalue weighted by Crippen LogP contribution is 2.20. The molecule has 0 heterocycles. The number of rotatable bonds is 4. The van der Waals surface area contributed by atoms with Gasteiger partial charge in [-0.15, -0.1) is 0 Å². The second-order valence-corrected chi connectivity index (χ2v) is 3.50. The van der Waals surface area contributed by atoms with Crippen LogP contribution in [0.2, 0.25) is 5.02 Å². The lowest BCUT2D eigenvalue weighted by Crippen LogP contribution is -2.17. The standard InChI is InChI=1S/C10H13ClFNO/c1-7-4-9(11)8(5-10(7)12)6-13-2-3-14/h4-5,13-14H,2-3,6H2,1H3. The smallest absolute Gasteiger partial charge is 0.126 e. The van der Waals surface area contributed by atoms with Crippen molar-refractivity contribution in [3.63, 3.8) is 0 Å². The van der Waals surface area contributed by atoms with Crippen molar-refractivity contribution in [1.82, 2.24) is 5.32 Å². The summed E-state index contributed by atoms with van der Waals surface area (Å²) in [6.45, 7) is 2.68. The quantitative estimate of drug-likeness (QED) is 0.755. The van der Waals surface area contributed by atoms with Gasteiger partial charge in [-0.25, -0.2) is 4.39 Å². The van der Waals surface area contributed by atoms with E-state index in [9.17, 15) is 4.39 Å². The van der Waals surface area contributed by atoms with Crippen LogP contribution < -0.4 is 5.32 Å². The Kier molecular flexibility index (Phi) is 4.32. The van der Waals surface area contributed by atoms with Gasteiger partial charge in [0.2, 0.25) is 0 Å². The van der Waals surface area contributed by atoms with Crippen molar-refractivity contribution >= 4 is 11.6 Å². The summed E-state index contributed by atoms with van der Waals surface area (Å²) in [5, 5.41) is 12.0. The summed E-state index contributed by atoms with van der Waals surface area (Å²) < 4.78 is 13.1. The van der Waals surface area contributed by atoms with E-state index in [0.29, 0.717) is 29.2 Å². The van der Waals surface area contributed by atoms with Gasteiger partial charge in [0.25, 0.3) is 0 Å². The molecule has 1 aromatic rings. The molecule has 4 heteroatoms. The molecule has 0 aliphatic heterocycles. The maximum absolute atomic E-state index is 13.1. The molecule has 0 amide bonds. The molecule has 0 aliphatic carbocycles. The average molecular weight is 218 g/mol. The Bertz CT molecular complexity index is 317. The van der Waals surface area contributed by atoms with E-state index in [1.807, 2.05) is 0 Å². The number of nitrogens with one attached hydrogen (secondary N) is 1. The van der Waals surface area contributed by atoms with Crippen LogP contribution in [0.1, 0.15) is 11.1 Å². The third-order valence-corrected chi connectivity index (χ3v) is 2.28. The van der Waals surface area contributed by atoms with Crippen LogP contribution in [-0.4, -0.2) is 18.3 Å². The molecular formula is C10H13ClFNO. The lowest BCUT2D eigenvalue weighted by molar-refractivity contribution is 0.292. The SMILES string of the molecule is Cc1cc(Cl)c(CNCCO)cc1F. The maximum atomic E-state index is 13.1. The Balaban J connectivity index is 2.72. The van der Waals surface area contributed by atoms with Gasteiger partial charge >= 0.3 is 0 Å². The van der Waals surface area contributed by atoms with E-state index in [1.165, 1.54) is 6.07 Å². The molecule has 0 fully saturated rings. The summed E-state index contributed by atoms with van der Waals surface area (Å²) in [6.07, 6.45) is 0. The predicted octanol–water partition coefficient (Wildman–Crippen LogP) is 1.87. The highest BCUT2D eigenvalue weighted by molar-refractivity contribution is 6.31. The van der Waals surface area contributed by atoms with Crippen LogP contribution in [0.4, 0.5) is 4.39 Å². The maximum Gasteiger partial charge on any atom is 0.126 e. The van der Waals surface area contributed by atoms with Gasteiger partial charge in [-0.05, 0) is 30.2 Å². The van der Waals surface area contributed by atoms with Crippen molar-refractivity contribution < 1.29 is 9.50 Å². The predicted molar refractivity (Wildman–Crippen MR) is 54.9 cm³/mol. The van der Waals surface area contributed by atoms with Gasteiger partial charge in [0, 0.05) is 18.1 Å². The molecule has 0 saturated heterocycles. The summed E-state index contributed by atoms with van der Waals surface area (Å²) in [5.41, 5.74) is 1.25. The van der Waals surface area contributed by atoms with Gasteiger partial charge in [-0.2, -0.15) is 0 Å². The summed E-state index contributed by atoms with van der Waals surface area (Å²) in [6, 6.07) is 3.02. The van der Waals surface area contributed by atoms with Crippen LogP contribution in [0.3, 0.4) is 0 Å². The Labute approximate surface area is 87.7 Å². The first-order valence-corrected chi connectivity index (χ1v) is 4.79. The molecule has 2 N–H and O–H groups in total. The number of hydrogen-bond acceptors (Lipinski definition) is 2. The van der Waals surface area contributed by atoms with E-state index in [-0.39, 0.29) is 12.4 Å². The molecule has 0 saturated carbocycles. The third-order valence-electron chi connectivity index (χ3n) is 1.93. The molecule has 1 rings (SSSR count). The molecule has 0 aromatic heterocycles. The van der Waals surface area contributed by atoms with Gasteiger partial charge in [0.1, 0.15) is 5.82 Å². The van der Waals surface area contributed by atoms with E-state index in [4.69, 9.17) is 16.7 Å². The number of aliphatic hydroxyl groups is 1. The molecule has 0 radical (unpaired) electrons. The summed E-state index contributed by atoms with van der Waals surface area (Å²) in [4.78, 5) is 0.